The number of hydrogen-bond donors (Lipinski definition) is 0. The van der Waals surface area contributed by atoms with E-state index in [9.17, 15) is 4.79 Å². The van der Waals surface area contributed by atoms with E-state index in [4.69, 9.17) is 14.4 Å². The van der Waals surface area contributed by atoms with Crippen LogP contribution in [0.5, 0.6) is 0 Å². The van der Waals surface area contributed by atoms with Crippen LogP contribution in [0.4, 0.5) is 0 Å². The van der Waals surface area contributed by atoms with E-state index in [1.54, 1.807) is 0 Å². The van der Waals surface area contributed by atoms with Crippen molar-refractivity contribution < 1.29 is 9.21 Å². The number of furan rings is 1. The predicted octanol–water partition coefficient (Wildman–Crippen LogP) is 3.26. The number of likely N-dealkylation sites (tertiary alicyclic amines) is 1. The van der Waals surface area contributed by atoms with E-state index in [0.29, 0.717) is 19.0 Å². The van der Waals surface area contributed by atoms with Crippen LogP contribution in [0.25, 0.3) is 0 Å². The Hall–Kier alpha value is -2.21. The topological polar surface area (TPSA) is 62.5 Å². The predicted molar refractivity (Wildman–Crippen MR) is 110 cm³/mol. The summed E-state index contributed by atoms with van der Waals surface area (Å²) in [6, 6.07) is 0. The van der Waals surface area contributed by atoms with Gasteiger partial charge < -0.3 is 14.2 Å². The minimum absolute atomic E-state index is 0.109. The molecule has 154 valence electrons. The van der Waals surface area contributed by atoms with Crippen molar-refractivity contribution >= 4 is 5.91 Å². The number of likely N-dealkylation sites (N-methyl/N-ethyl adjacent to an activating group) is 1. The van der Waals surface area contributed by atoms with Crippen LogP contribution in [0.1, 0.15) is 76.1 Å². The molecule has 1 atom stereocenters. The van der Waals surface area contributed by atoms with E-state index in [-0.39, 0.29) is 5.91 Å². The number of aryl methyl sites for hydroxylation is 2. The van der Waals surface area contributed by atoms with Crippen molar-refractivity contribution in [2.45, 2.75) is 64.3 Å². The second kappa shape index (κ2) is 7.56. The Kier molecular flexibility index (Phi) is 4.90. The van der Waals surface area contributed by atoms with Gasteiger partial charge in [0, 0.05) is 55.7 Å². The molecule has 1 aliphatic carbocycles. The fourth-order valence-corrected chi connectivity index (χ4v) is 5.22. The summed E-state index contributed by atoms with van der Waals surface area (Å²) in [4.78, 5) is 27.3. The third-order valence-electron chi connectivity index (χ3n) is 6.79. The van der Waals surface area contributed by atoms with Gasteiger partial charge in [0.05, 0.1) is 11.3 Å². The molecule has 5 rings (SSSR count). The highest BCUT2D eigenvalue weighted by Gasteiger charge is 2.31. The zero-order valence-electron chi connectivity index (χ0n) is 17.5. The lowest BCUT2D eigenvalue weighted by Crippen LogP contribution is -2.37. The Morgan fingerprint density at radius 1 is 1.17 bits per heavy atom. The number of rotatable bonds is 2. The van der Waals surface area contributed by atoms with E-state index in [0.717, 1.165) is 84.9 Å². The molecule has 0 saturated carbocycles. The maximum atomic E-state index is 13.3. The molecule has 2 aromatic heterocycles. The van der Waals surface area contributed by atoms with Gasteiger partial charge in [0.15, 0.2) is 0 Å². The fraction of sp³-hybridized carbons (Fsp3) is 0.609. The van der Waals surface area contributed by atoms with Crippen molar-refractivity contribution in [3.05, 3.63) is 45.9 Å². The van der Waals surface area contributed by atoms with Crippen molar-refractivity contribution in [2.75, 3.05) is 26.7 Å². The third-order valence-corrected chi connectivity index (χ3v) is 6.79. The largest absolute Gasteiger partial charge is 0.465 e. The summed E-state index contributed by atoms with van der Waals surface area (Å²) in [7, 11) is 2.17. The molecule has 0 spiro atoms. The Bertz CT molecular complexity index is 935. The van der Waals surface area contributed by atoms with Crippen LogP contribution in [-0.2, 0) is 25.8 Å². The normalized spacial score (nSPS) is 22.3. The molecule has 6 heteroatoms. The maximum Gasteiger partial charge on any atom is 0.257 e. The van der Waals surface area contributed by atoms with E-state index >= 15 is 0 Å². The molecule has 4 heterocycles. The van der Waals surface area contributed by atoms with Gasteiger partial charge >= 0.3 is 0 Å². The van der Waals surface area contributed by atoms with Gasteiger partial charge in [-0.15, -0.1) is 0 Å². The van der Waals surface area contributed by atoms with Crippen LogP contribution >= 0.6 is 0 Å². The van der Waals surface area contributed by atoms with Crippen molar-refractivity contribution in [1.29, 1.82) is 0 Å². The molecule has 29 heavy (non-hydrogen) atoms. The van der Waals surface area contributed by atoms with Crippen LogP contribution < -0.4 is 0 Å². The zero-order chi connectivity index (χ0) is 20.0. The number of carbonyl (C=O) groups excluding carboxylic acids is 1. The number of carbonyl (C=O) groups is 1. The van der Waals surface area contributed by atoms with Crippen molar-refractivity contribution in [2.24, 2.45) is 0 Å². The van der Waals surface area contributed by atoms with Gasteiger partial charge in [-0.05, 0) is 52.6 Å². The molecule has 0 bridgehead atoms. The number of amides is 1. The van der Waals surface area contributed by atoms with Crippen LogP contribution in [0.15, 0.2) is 10.6 Å². The molecule has 1 fully saturated rings. The van der Waals surface area contributed by atoms with Gasteiger partial charge in [-0.1, -0.05) is 0 Å². The van der Waals surface area contributed by atoms with Crippen LogP contribution in [0.2, 0.25) is 0 Å². The Morgan fingerprint density at radius 2 is 2.03 bits per heavy atom. The molecule has 1 saturated heterocycles. The lowest BCUT2D eigenvalue weighted by molar-refractivity contribution is 0.0730. The summed E-state index contributed by atoms with van der Waals surface area (Å²) < 4.78 is 5.93. The summed E-state index contributed by atoms with van der Waals surface area (Å²) in [6.07, 6.45) is 9.35. The Labute approximate surface area is 172 Å². The summed E-state index contributed by atoms with van der Waals surface area (Å²) in [5.74, 6) is 3.33. The first-order valence-corrected chi connectivity index (χ1v) is 11.0. The Morgan fingerprint density at radius 3 is 2.90 bits per heavy atom. The first kappa shape index (κ1) is 18.8. The molecule has 0 radical (unpaired) electrons. The first-order valence-electron chi connectivity index (χ1n) is 11.0. The van der Waals surface area contributed by atoms with E-state index < -0.39 is 0 Å². The quantitative estimate of drug-likeness (QED) is 0.782. The number of aromatic nitrogens is 2. The van der Waals surface area contributed by atoms with Gasteiger partial charge in [0.25, 0.3) is 5.91 Å². The molecule has 1 amide bonds. The van der Waals surface area contributed by atoms with Gasteiger partial charge in [-0.3, -0.25) is 4.79 Å². The summed E-state index contributed by atoms with van der Waals surface area (Å²) in [5.41, 5.74) is 4.18. The zero-order valence-corrected chi connectivity index (χ0v) is 17.5. The second-order valence-electron chi connectivity index (χ2n) is 8.92. The SMILES string of the molecule is Cc1oc2c(c1C(=O)N1CCc3nc([C@@H]4CCCN(C)C4)ncc3C1)CCCC2. The Balaban J connectivity index is 1.35. The monoisotopic (exact) mass is 394 g/mol. The average molecular weight is 395 g/mol. The summed E-state index contributed by atoms with van der Waals surface area (Å²) >= 11 is 0. The van der Waals surface area contributed by atoms with Gasteiger partial charge in [-0.25, -0.2) is 9.97 Å². The smallest absolute Gasteiger partial charge is 0.257 e. The number of nitrogens with zero attached hydrogens (tertiary/aromatic N) is 4. The van der Waals surface area contributed by atoms with Gasteiger partial charge in [0.1, 0.15) is 17.3 Å². The van der Waals surface area contributed by atoms with E-state index in [2.05, 4.69) is 11.9 Å². The third kappa shape index (κ3) is 3.48. The van der Waals surface area contributed by atoms with E-state index in [1.165, 1.54) is 12.8 Å². The maximum absolute atomic E-state index is 13.3. The molecule has 0 unspecified atom stereocenters. The van der Waals surface area contributed by atoms with Crippen molar-refractivity contribution in [3.63, 3.8) is 0 Å². The molecule has 0 N–H and O–H groups in total. The highest BCUT2D eigenvalue weighted by atomic mass is 16.3. The number of fused-ring (bicyclic) bond motifs is 2. The molecule has 3 aliphatic rings. The minimum atomic E-state index is 0.109. The summed E-state index contributed by atoms with van der Waals surface area (Å²) in [6.45, 7) is 5.44. The molecule has 6 nitrogen and oxygen atoms in total. The molecular weight excluding hydrogens is 364 g/mol. The van der Waals surface area contributed by atoms with Crippen LogP contribution in [-0.4, -0.2) is 52.4 Å². The molecule has 0 aromatic carbocycles. The van der Waals surface area contributed by atoms with Crippen molar-refractivity contribution in [1.82, 2.24) is 19.8 Å². The summed E-state index contributed by atoms with van der Waals surface area (Å²) in [5, 5.41) is 0. The highest BCUT2D eigenvalue weighted by molar-refractivity contribution is 5.97. The second-order valence-corrected chi connectivity index (χ2v) is 8.92. The standard InChI is InChI=1S/C23H30N4O2/c1-15-21(18-7-3-4-8-20(18)29-15)23(28)27-11-9-19-17(14-27)12-24-22(25-19)16-6-5-10-26(2)13-16/h12,16H,3-11,13-14H2,1-2H3/t16-/m1/s1. The molecule has 2 aliphatic heterocycles. The van der Waals surface area contributed by atoms with Gasteiger partial charge in [-0.2, -0.15) is 0 Å². The molecular formula is C23H30N4O2. The van der Waals surface area contributed by atoms with E-state index in [1.807, 2.05) is 18.0 Å². The van der Waals surface area contributed by atoms with Crippen LogP contribution in [0.3, 0.4) is 0 Å². The van der Waals surface area contributed by atoms with Crippen LogP contribution in [0, 0.1) is 6.92 Å². The average Bonchev–Trinajstić information content (AvgIpc) is 3.08. The lowest BCUT2D eigenvalue weighted by atomic mass is 9.93. The van der Waals surface area contributed by atoms with Gasteiger partial charge in [0.2, 0.25) is 0 Å². The first-order chi connectivity index (χ1) is 14.1. The fourth-order valence-electron chi connectivity index (χ4n) is 5.22. The number of piperidine rings is 1. The minimum Gasteiger partial charge on any atom is -0.465 e. The lowest BCUT2D eigenvalue weighted by Gasteiger charge is -2.31. The highest BCUT2D eigenvalue weighted by Crippen LogP contribution is 2.32. The number of hydrogen-bond acceptors (Lipinski definition) is 5. The molecule has 2 aromatic rings. The van der Waals surface area contributed by atoms with Crippen molar-refractivity contribution in [3.8, 4) is 0 Å².